The molecule has 0 saturated heterocycles. The van der Waals surface area contributed by atoms with E-state index < -0.39 is 0 Å². The highest BCUT2D eigenvalue weighted by molar-refractivity contribution is 5.94. The number of nitrogens with two attached hydrogens (primary N) is 1. The maximum atomic E-state index is 12.0. The SMILES string of the molecule is CC(C)C(CN)C(=O)Nc1ccc2ncoc2c1. The third-order valence-electron chi connectivity index (χ3n) is 2.99. The first-order valence-electron chi connectivity index (χ1n) is 5.96. The van der Waals surface area contributed by atoms with E-state index >= 15 is 0 Å². The molecule has 5 heteroatoms. The maximum Gasteiger partial charge on any atom is 0.229 e. The lowest BCUT2D eigenvalue weighted by Crippen LogP contribution is -2.33. The van der Waals surface area contributed by atoms with Crippen LogP contribution in [0.25, 0.3) is 11.1 Å². The van der Waals surface area contributed by atoms with Crippen LogP contribution in [-0.4, -0.2) is 17.4 Å². The van der Waals surface area contributed by atoms with E-state index in [1.165, 1.54) is 6.39 Å². The lowest BCUT2D eigenvalue weighted by molar-refractivity contribution is -0.120. The Balaban J connectivity index is 2.15. The molecule has 96 valence electrons. The van der Waals surface area contributed by atoms with E-state index in [9.17, 15) is 4.79 Å². The zero-order valence-electron chi connectivity index (χ0n) is 10.5. The van der Waals surface area contributed by atoms with E-state index in [0.29, 0.717) is 17.8 Å². The largest absolute Gasteiger partial charge is 0.443 e. The Labute approximate surface area is 105 Å². The Morgan fingerprint density at radius 2 is 2.28 bits per heavy atom. The van der Waals surface area contributed by atoms with Gasteiger partial charge in [-0.1, -0.05) is 13.8 Å². The van der Waals surface area contributed by atoms with E-state index in [4.69, 9.17) is 10.2 Å². The number of hydrogen-bond acceptors (Lipinski definition) is 4. The fourth-order valence-electron chi connectivity index (χ4n) is 1.85. The maximum absolute atomic E-state index is 12.0. The fraction of sp³-hybridized carbons (Fsp3) is 0.385. The molecule has 1 amide bonds. The van der Waals surface area contributed by atoms with Crippen molar-refractivity contribution in [2.45, 2.75) is 13.8 Å². The first-order valence-corrected chi connectivity index (χ1v) is 5.96. The van der Waals surface area contributed by atoms with Crippen LogP contribution in [0.4, 0.5) is 5.69 Å². The monoisotopic (exact) mass is 247 g/mol. The van der Waals surface area contributed by atoms with Crippen LogP contribution < -0.4 is 11.1 Å². The molecule has 0 bridgehead atoms. The number of fused-ring (bicyclic) bond motifs is 1. The van der Waals surface area contributed by atoms with Gasteiger partial charge in [-0.05, 0) is 18.1 Å². The molecule has 0 aliphatic heterocycles. The van der Waals surface area contributed by atoms with E-state index in [2.05, 4.69) is 10.3 Å². The Bertz CT molecular complexity index is 548. The van der Waals surface area contributed by atoms with Crippen molar-refractivity contribution in [3.63, 3.8) is 0 Å². The van der Waals surface area contributed by atoms with Crippen LogP contribution in [-0.2, 0) is 4.79 Å². The van der Waals surface area contributed by atoms with Gasteiger partial charge in [-0.3, -0.25) is 4.79 Å². The van der Waals surface area contributed by atoms with Crippen LogP contribution in [0.2, 0.25) is 0 Å². The van der Waals surface area contributed by atoms with Crippen LogP contribution in [0.3, 0.4) is 0 Å². The second kappa shape index (κ2) is 5.18. The van der Waals surface area contributed by atoms with Crippen molar-refractivity contribution in [3.8, 4) is 0 Å². The summed E-state index contributed by atoms with van der Waals surface area (Å²) in [6, 6.07) is 5.37. The molecule has 0 saturated carbocycles. The average Bonchev–Trinajstić information content (AvgIpc) is 2.76. The highest BCUT2D eigenvalue weighted by Gasteiger charge is 2.20. The minimum atomic E-state index is -0.185. The van der Waals surface area contributed by atoms with Crippen molar-refractivity contribution < 1.29 is 9.21 Å². The topological polar surface area (TPSA) is 81.2 Å². The predicted octanol–water partition coefficient (Wildman–Crippen LogP) is 2.00. The molecule has 5 nitrogen and oxygen atoms in total. The quantitative estimate of drug-likeness (QED) is 0.865. The number of anilines is 1. The molecular formula is C13H17N3O2. The van der Waals surface area contributed by atoms with Crippen molar-refractivity contribution in [3.05, 3.63) is 24.6 Å². The van der Waals surface area contributed by atoms with Gasteiger partial charge in [0.25, 0.3) is 0 Å². The lowest BCUT2D eigenvalue weighted by Gasteiger charge is -2.18. The molecule has 0 spiro atoms. The van der Waals surface area contributed by atoms with Crippen LogP contribution in [0.15, 0.2) is 29.0 Å². The van der Waals surface area contributed by atoms with Crippen LogP contribution in [0.5, 0.6) is 0 Å². The number of nitrogens with zero attached hydrogens (tertiary/aromatic N) is 1. The molecule has 18 heavy (non-hydrogen) atoms. The number of carbonyl (C=O) groups excluding carboxylic acids is 1. The lowest BCUT2D eigenvalue weighted by atomic mass is 9.95. The standard InChI is InChI=1S/C13H17N3O2/c1-8(2)10(6-14)13(17)16-9-3-4-11-12(5-9)18-7-15-11/h3-5,7-8,10H,6,14H2,1-2H3,(H,16,17). The Kier molecular flexibility index (Phi) is 3.62. The van der Waals surface area contributed by atoms with Gasteiger partial charge in [0.15, 0.2) is 12.0 Å². The van der Waals surface area contributed by atoms with Gasteiger partial charge in [0, 0.05) is 18.3 Å². The van der Waals surface area contributed by atoms with Crippen LogP contribution in [0, 0.1) is 11.8 Å². The van der Waals surface area contributed by atoms with Gasteiger partial charge in [0.05, 0.1) is 5.92 Å². The van der Waals surface area contributed by atoms with E-state index in [-0.39, 0.29) is 17.7 Å². The summed E-state index contributed by atoms with van der Waals surface area (Å²) in [5, 5.41) is 2.85. The summed E-state index contributed by atoms with van der Waals surface area (Å²) in [6.45, 7) is 4.31. The van der Waals surface area contributed by atoms with Gasteiger partial charge in [-0.25, -0.2) is 4.98 Å². The third-order valence-corrected chi connectivity index (χ3v) is 2.99. The normalized spacial score (nSPS) is 12.9. The number of rotatable bonds is 4. The molecule has 1 atom stereocenters. The fourth-order valence-corrected chi connectivity index (χ4v) is 1.85. The van der Waals surface area contributed by atoms with Crippen molar-refractivity contribution >= 4 is 22.7 Å². The number of hydrogen-bond donors (Lipinski definition) is 2. The molecule has 1 aromatic heterocycles. The number of aromatic nitrogens is 1. The number of benzene rings is 1. The Morgan fingerprint density at radius 3 is 2.94 bits per heavy atom. The van der Waals surface area contributed by atoms with Gasteiger partial charge >= 0.3 is 0 Å². The highest BCUT2D eigenvalue weighted by Crippen LogP contribution is 2.19. The summed E-state index contributed by atoms with van der Waals surface area (Å²) in [5.41, 5.74) is 7.74. The second-order valence-electron chi connectivity index (χ2n) is 4.61. The summed E-state index contributed by atoms with van der Waals surface area (Å²) in [6.07, 6.45) is 1.38. The van der Waals surface area contributed by atoms with E-state index in [1.54, 1.807) is 18.2 Å². The number of carbonyl (C=O) groups is 1. The zero-order chi connectivity index (χ0) is 13.1. The second-order valence-corrected chi connectivity index (χ2v) is 4.61. The molecule has 2 aromatic rings. The van der Waals surface area contributed by atoms with Gasteiger partial charge < -0.3 is 15.5 Å². The van der Waals surface area contributed by atoms with Crippen LogP contribution in [0.1, 0.15) is 13.8 Å². The molecule has 0 fully saturated rings. The Morgan fingerprint density at radius 1 is 1.50 bits per heavy atom. The first kappa shape index (κ1) is 12.6. The molecule has 2 rings (SSSR count). The van der Waals surface area contributed by atoms with Gasteiger partial charge in [0.2, 0.25) is 5.91 Å². The first-order chi connectivity index (χ1) is 8.61. The molecule has 1 unspecified atom stereocenters. The van der Waals surface area contributed by atoms with Gasteiger partial charge in [-0.2, -0.15) is 0 Å². The number of nitrogens with one attached hydrogen (secondary N) is 1. The molecule has 1 heterocycles. The minimum absolute atomic E-state index is 0.0636. The summed E-state index contributed by atoms with van der Waals surface area (Å²) < 4.78 is 5.19. The smallest absolute Gasteiger partial charge is 0.229 e. The third kappa shape index (κ3) is 2.51. The summed E-state index contributed by atoms with van der Waals surface area (Å²) in [7, 11) is 0. The van der Waals surface area contributed by atoms with Crippen molar-refractivity contribution in [2.24, 2.45) is 17.6 Å². The molecule has 0 aliphatic carbocycles. The number of amides is 1. The van der Waals surface area contributed by atoms with Crippen molar-refractivity contribution in [1.29, 1.82) is 0 Å². The predicted molar refractivity (Wildman–Crippen MR) is 70.0 cm³/mol. The molecule has 0 aliphatic rings. The van der Waals surface area contributed by atoms with Crippen molar-refractivity contribution in [2.75, 3.05) is 11.9 Å². The summed E-state index contributed by atoms with van der Waals surface area (Å²) in [5.74, 6) is -0.0363. The minimum Gasteiger partial charge on any atom is -0.443 e. The van der Waals surface area contributed by atoms with Gasteiger partial charge in [-0.15, -0.1) is 0 Å². The molecule has 1 aromatic carbocycles. The van der Waals surface area contributed by atoms with Gasteiger partial charge in [0.1, 0.15) is 5.52 Å². The van der Waals surface area contributed by atoms with E-state index in [0.717, 1.165) is 5.52 Å². The number of oxazole rings is 1. The molecule has 0 radical (unpaired) electrons. The Hall–Kier alpha value is -1.88. The van der Waals surface area contributed by atoms with Crippen LogP contribution >= 0.6 is 0 Å². The summed E-state index contributed by atoms with van der Waals surface area (Å²) in [4.78, 5) is 16.0. The average molecular weight is 247 g/mol. The highest BCUT2D eigenvalue weighted by atomic mass is 16.3. The molecular weight excluding hydrogens is 230 g/mol. The summed E-state index contributed by atoms with van der Waals surface area (Å²) >= 11 is 0. The molecule has 3 N–H and O–H groups in total. The van der Waals surface area contributed by atoms with E-state index in [1.807, 2.05) is 13.8 Å². The zero-order valence-corrected chi connectivity index (χ0v) is 10.5. The van der Waals surface area contributed by atoms with Crippen molar-refractivity contribution in [1.82, 2.24) is 4.98 Å².